The van der Waals surface area contributed by atoms with Crippen molar-refractivity contribution in [3.63, 3.8) is 0 Å². The summed E-state index contributed by atoms with van der Waals surface area (Å²) in [4.78, 5) is 25.2. The zero-order chi connectivity index (χ0) is 24.0. The Bertz CT molecular complexity index is 896. The van der Waals surface area contributed by atoms with E-state index < -0.39 is 5.60 Å². The van der Waals surface area contributed by atoms with Crippen LogP contribution >= 0.6 is 0 Å². The molecule has 1 saturated carbocycles. The molecule has 9 nitrogen and oxygen atoms in total. The lowest BCUT2D eigenvalue weighted by molar-refractivity contribution is 0.0266. The number of hydrogen-bond acceptors (Lipinski definition) is 7. The van der Waals surface area contributed by atoms with Crippen LogP contribution in [-0.2, 0) is 4.74 Å². The molecule has 2 aromatic rings. The van der Waals surface area contributed by atoms with Crippen molar-refractivity contribution in [3.05, 3.63) is 24.0 Å². The van der Waals surface area contributed by atoms with Crippen LogP contribution in [-0.4, -0.2) is 63.4 Å². The fourth-order valence-electron chi connectivity index (χ4n) is 3.82. The fraction of sp³-hybridized carbons (Fsp3) is 0.667. The van der Waals surface area contributed by atoms with Crippen LogP contribution in [0, 0.1) is 5.92 Å². The smallest absolute Gasteiger partial charge is 0.410 e. The Balaban J connectivity index is 0.00000149. The molecule has 0 radical (unpaired) electrons. The van der Waals surface area contributed by atoms with Crippen molar-refractivity contribution in [2.75, 3.05) is 36.9 Å². The number of rotatable bonds is 6. The topological polar surface area (TPSA) is 99.3 Å². The molecule has 182 valence electrons. The van der Waals surface area contributed by atoms with E-state index in [0.29, 0.717) is 18.4 Å². The largest absolute Gasteiger partial charge is 0.444 e. The Kier molecular flexibility index (Phi) is 8.15. The van der Waals surface area contributed by atoms with Gasteiger partial charge in [0.25, 0.3) is 0 Å². The van der Waals surface area contributed by atoms with Crippen LogP contribution in [0.3, 0.4) is 0 Å². The van der Waals surface area contributed by atoms with Crippen LogP contribution in [0.2, 0.25) is 0 Å². The van der Waals surface area contributed by atoms with Crippen LogP contribution < -0.4 is 10.2 Å². The van der Waals surface area contributed by atoms with Gasteiger partial charge in [-0.25, -0.2) is 9.78 Å². The van der Waals surface area contributed by atoms with Gasteiger partial charge in [0.05, 0.1) is 0 Å². The maximum atomic E-state index is 12.2. The average molecular weight is 458 g/mol. The predicted molar refractivity (Wildman–Crippen MR) is 131 cm³/mol. The quantitative estimate of drug-likeness (QED) is 0.634. The van der Waals surface area contributed by atoms with E-state index in [0.717, 1.165) is 43.5 Å². The molecular formula is C24H39N7O2. The number of nitrogens with one attached hydrogen (secondary N) is 2. The number of hydrogen-bond donors (Lipinski definition) is 2. The number of nitrogens with zero attached hydrogens (tertiary/aromatic N) is 5. The molecule has 0 aromatic carbocycles. The molecule has 0 atom stereocenters. The number of aromatic nitrogens is 4. The Labute approximate surface area is 197 Å². The molecule has 2 aromatic heterocycles. The third-order valence-corrected chi connectivity index (χ3v) is 5.65. The van der Waals surface area contributed by atoms with Gasteiger partial charge >= 0.3 is 6.09 Å². The second kappa shape index (κ2) is 10.9. The molecule has 0 spiro atoms. The normalized spacial score (nSPS) is 16.6. The second-order valence-corrected chi connectivity index (χ2v) is 9.64. The minimum atomic E-state index is -0.472. The minimum Gasteiger partial charge on any atom is -0.444 e. The number of carbonyl (C=O) groups is 1. The van der Waals surface area contributed by atoms with Gasteiger partial charge in [-0.3, -0.25) is 5.10 Å². The minimum absolute atomic E-state index is 0.264. The number of carbonyl (C=O) groups excluding carboxylic acids is 1. The van der Waals surface area contributed by atoms with Crippen LogP contribution in [0.5, 0.6) is 0 Å². The standard InChI is InChI=1S/C22H33N7O2.C2H6/c1-22(2,3)31-21(30)28(4)14-15-8-11-29(12-9-15)20-23-10-7-18(25-20)24-19-13-17(26-27-19)16-5-6-16;1-2/h7,10,13,15-16H,5-6,8-9,11-12,14H2,1-4H3,(H2,23,24,25,26,27);1-2H3. The van der Waals surface area contributed by atoms with Crippen molar-refractivity contribution in [2.24, 2.45) is 5.92 Å². The Morgan fingerprint density at radius 1 is 1.21 bits per heavy atom. The van der Waals surface area contributed by atoms with Gasteiger partial charge in [-0.15, -0.1) is 0 Å². The lowest BCUT2D eigenvalue weighted by atomic mass is 9.96. The van der Waals surface area contributed by atoms with Gasteiger partial charge in [0.2, 0.25) is 5.95 Å². The lowest BCUT2D eigenvalue weighted by Crippen LogP contribution is -2.41. The van der Waals surface area contributed by atoms with Gasteiger partial charge in [-0.1, -0.05) is 13.8 Å². The van der Waals surface area contributed by atoms with Gasteiger partial charge in [-0.05, 0) is 58.4 Å². The van der Waals surface area contributed by atoms with Crippen LogP contribution in [0.25, 0.3) is 0 Å². The van der Waals surface area contributed by atoms with Gasteiger partial charge in [0, 0.05) is 50.6 Å². The van der Waals surface area contributed by atoms with Crippen LogP contribution in [0.1, 0.15) is 71.9 Å². The summed E-state index contributed by atoms with van der Waals surface area (Å²) in [5, 5.41) is 10.7. The highest BCUT2D eigenvalue weighted by atomic mass is 16.6. The molecule has 4 rings (SSSR count). The number of aromatic amines is 1. The molecular weight excluding hydrogens is 418 g/mol. The fourth-order valence-corrected chi connectivity index (χ4v) is 3.82. The first-order valence-electron chi connectivity index (χ1n) is 12.1. The average Bonchev–Trinajstić information content (AvgIpc) is 3.54. The predicted octanol–water partition coefficient (Wildman–Crippen LogP) is 4.93. The molecule has 2 N–H and O–H groups in total. The summed E-state index contributed by atoms with van der Waals surface area (Å²) in [5.74, 6) is 3.34. The van der Waals surface area contributed by atoms with E-state index in [-0.39, 0.29) is 6.09 Å². The number of amides is 1. The van der Waals surface area contributed by atoms with E-state index in [1.54, 1.807) is 11.1 Å². The van der Waals surface area contributed by atoms with Crippen LogP contribution in [0.15, 0.2) is 18.3 Å². The third-order valence-electron chi connectivity index (χ3n) is 5.65. The van der Waals surface area contributed by atoms with Crippen molar-refractivity contribution in [3.8, 4) is 0 Å². The summed E-state index contributed by atoms with van der Waals surface area (Å²) in [6.07, 6.45) is 5.96. The summed E-state index contributed by atoms with van der Waals surface area (Å²) < 4.78 is 5.45. The molecule has 1 amide bonds. The molecule has 1 saturated heterocycles. The first kappa shape index (κ1) is 24.8. The van der Waals surface area contributed by atoms with E-state index in [1.165, 1.54) is 18.5 Å². The first-order valence-corrected chi connectivity index (χ1v) is 12.1. The summed E-state index contributed by atoms with van der Waals surface area (Å²) >= 11 is 0. The van der Waals surface area contributed by atoms with E-state index in [9.17, 15) is 4.79 Å². The van der Waals surface area contributed by atoms with Gasteiger partial charge in [0.1, 0.15) is 11.4 Å². The van der Waals surface area contributed by atoms with Crippen molar-refractivity contribution >= 4 is 23.7 Å². The van der Waals surface area contributed by atoms with E-state index >= 15 is 0 Å². The summed E-state index contributed by atoms with van der Waals surface area (Å²) in [6, 6.07) is 3.92. The van der Waals surface area contributed by atoms with E-state index in [1.807, 2.05) is 47.7 Å². The molecule has 9 heteroatoms. The SMILES string of the molecule is CC.CN(CC1CCN(c2nccc(Nc3cc(C4CC4)[nH]n3)n2)CC1)C(=O)OC(C)(C)C. The number of H-pyrrole nitrogens is 1. The molecule has 1 aliphatic carbocycles. The number of anilines is 3. The molecule has 2 fully saturated rings. The second-order valence-electron chi connectivity index (χ2n) is 9.64. The molecule has 1 aliphatic heterocycles. The maximum Gasteiger partial charge on any atom is 0.410 e. The van der Waals surface area contributed by atoms with Crippen molar-refractivity contribution in [1.82, 2.24) is 25.1 Å². The Hall–Kier alpha value is -2.84. The first-order chi connectivity index (χ1) is 15.8. The zero-order valence-corrected chi connectivity index (χ0v) is 20.9. The van der Waals surface area contributed by atoms with Gasteiger partial charge < -0.3 is 19.9 Å². The lowest BCUT2D eigenvalue weighted by Gasteiger charge is -2.34. The highest BCUT2D eigenvalue weighted by Gasteiger charge is 2.27. The summed E-state index contributed by atoms with van der Waals surface area (Å²) in [7, 11) is 1.81. The highest BCUT2D eigenvalue weighted by molar-refractivity contribution is 5.67. The zero-order valence-electron chi connectivity index (χ0n) is 20.9. The molecule has 33 heavy (non-hydrogen) atoms. The number of piperidine rings is 1. The van der Waals surface area contributed by atoms with Crippen molar-refractivity contribution in [2.45, 2.75) is 71.8 Å². The van der Waals surface area contributed by atoms with Crippen LogP contribution in [0.4, 0.5) is 22.4 Å². The molecule has 3 heterocycles. The monoisotopic (exact) mass is 457 g/mol. The van der Waals surface area contributed by atoms with E-state index in [2.05, 4.69) is 36.4 Å². The van der Waals surface area contributed by atoms with Crippen molar-refractivity contribution in [1.29, 1.82) is 0 Å². The van der Waals surface area contributed by atoms with Gasteiger partial charge in [0.15, 0.2) is 5.82 Å². The summed E-state index contributed by atoms with van der Waals surface area (Å²) in [5.41, 5.74) is 0.718. The van der Waals surface area contributed by atoms with Gasteiger partial charge in [-0.2, -0.15) is 10.1 Å². The molecule has 2 aliphatic rings. The third kappa shape index (κ3) is 7.33. The maximum absolute atomic E-state index is 12.2. The molecule has 0 bridgehead atoms. The van der Waals surface area contributed by atoms with E-state index in [4.69, 9.17) is 4.74 Å². The van der Waals surface area contributed by atoms with Crippen molar-refractivity contribution < 1.29 is 9.53 Å². The summed E-state index contributed by atoms with van der Waals surface area (Å²) in [6.45, 7) is 12.1. The Morgan fingerprint density at radius 2 is 1.91 bits per heavy atom. The molecule has 0 unspecified atom stereocenters. The Morgan fingerprint density at radius 3 is 2.55 bits per heavy atom. The highest BCUT2D eigenvalue weighted by Crippen LogP contribution is 2.39. The number of ether oxygens (including phenoxy) is 1.